The number of hydrogen-bond donors (Lipinski definition) is 1. The van der Waals surface area contributed by atoms with Gasteiger partial charge in [0.2, 0.25) is 0 Å². The predicted molar refractivity (Wildman–Crippen MR) is 168 cm³/mol. The van der Waals surface area contributed by atoms with Gasteiger partial charge in [-0.15, -0.1) is 11.3 Å². The van der Waals surface area contributed by atoms with Gasteiger partial charge in [0, 0.05) is 21.9 Å². The molecule has 0 fully saturated rings. The van der Waals surface area contributed by atoms with E-state index < -0.39 is 5.97 Å². The standard InChI is InChI=1S/C34H32N2O5S/c1-4-18-41-25-11-9-10-23(19-25)30-20-27(26-12-7-8-13-29(26)35-30)32(37)36-33-31(34(38)40-6-3)28(21-42-33)22-14-16-24(17-15-22)39-5-2/h7-17,19-21H,4-6,18H2,1-3H3,(H,36,37). The van der Waals surface area contributed by atoms with Crippen molar-refractivity contribution in [2.75, 3.05) is 25.1 Å². The lowest BCUT2D eigenvalue weighted by Gasteiger charge is -2.12. The van der Waals surface area contributed by atoms with Gasteiger partial charge < -0.3 is 19.5 Å². The summed E-state index contributed by atoms with van der Waals surface area (Å²) in [6, 6.07) is 24.5. The first-order valence-corrected chi connectivity index (χ1v) is 14.9. The van der Waals surface area contributed by atoms with E-state index in [2.05, 4.69) is 12.2 Å². The number of pyridine rings is 1. The van der Waals surface area contributed by atoms with Crippen molar-refractivity contribution in [1.29, 1.82) is 0 Å². The Bertz CT molecular complexity index is 1710. The first kappa shape index (κ1) is 28.8. The van der Waals surface area contributed by atoms with Gasteiger partial charge in [-0.25, -0.2) is 9.78 Å². The molecule has 0 radical (unpaired) electrons. The summed E-state index contributed by atoms with van der Waals surface area (Å²) in [5, 5.41) is 5.98. The Kier molecular flexibility index (Phi) is 9.14. The topological polar surface area (TPSA) is 86.8 Å². The minimum Gasteiger partial charge on any atom is -0.494 e. The average Bonchev–Trinajstić information content (AvgIpc) is 3.43. The van der Waals surface area contributed by atoms with Crippen LogP contribution in [-0.2, 0) is 4.74 Å². The molecule has 0 atom stereocenters. The number of benzene rings is 3. The van der Waals surface area contributed by atoms with E-state index in [9.17, 15) is 9.59 Å². The molecule has 0 spiro atoms. The summed E-state index contributed by atoms with van der Waals surface area (Å²) >= 11 is 1.28. The third-order valence-electron chi connectivity index (χ3n) is 6.54. The number of fused-ring (bicyclic) bond motifs is 1. The molecule has 8 heteroatoms. The first-order chi connectivity index (χ1) is 20.5. The third kappa shape index (κ3) is 6.29. The first-order valence-electron chi connectivity index (χ1n) is 14.0. The summed E-state index contributed by atoms with van der Waals surface area (Å²) in [5.41, 5.74) is 4.44. The van der Waals surface area contributed by atoms with Crippen LogP contribution in [0.2, 0.25) is 0 Å². The van der Waals surface area contributed by atoms with Gasteiger partial charge in [-0.1, -0.05) is 49.4 Å². The van der Waals surface area contributed by atoms with Crippen LogP contribution >= 0.6 is 11.3 Å². The Morgan fingerprint density at radius 2 is 1.64 bits per heavy atom. The van der Waals surface area contributed by atoms with E-state index >= 15 is 0 Å². The van der Waals surface area contributed by atoms with E-state index in [1.807, 2.05) is 85.1 Å². The molecule has 0 bridgehead atoms. The van der Waals surface area contributed by atoms with Crippen molar-refractivity contribution in [1.82, 2.24) is 4.98 Å². The summed E-state index contributed by atoms with van der Waals surface area (Å²) in [6.07, 6.45) is 0.902. The molecule has 0 aliphatic heterocycles. The average molecular weight is 581 g/mol. The Labute approximate surface area is 249 Å². The van der Waals surface area contributed by atoms with Crippen LogP contribution in [0.25, 0.3) is 33.3 Å². The molecular formula is C34H32N2O5S. The second-order valence-corrected chi connectivity index (χ2v) is 10.3. The van der Waals surface area contributed by atoms with Crippen LogP contribution in [0.5, 0.6) is 11.5 Å². The highest BCUT2D eigenvalue weighted by Gasteiger charge is 2.24. The van der Waals surface area contributed by atoms with Crippen LogP contribution in [0.15, 0.2) is 84.2 Å². The van der Waals surface area contributed by atoms with Crippen LogP contribution in [0.1, 0.15) is 47.9 Å². The number of ether oxygens (including phenoxy) is 3. The van der Waals surface area contributed by atoms with E-state index in [0.717, 1.165) is 29.0 Å². The Hall–Kier alpha value is -4.69. The second-order valence-electron chi connectivity index (χ2n) is 9.43. The normalized spacial score (nSPS) is 10.8. The molecule has 7 nitrogen and oxygen atoms in total. The van der Waals surface area contributed by atoms with Crippen LogP contribution < -0.4 is 14.8 Å². The van der Waals surface area contributed by atoms with Crippen molar-refractivity contribution in [2.45, 2.75) is 27.2 Å². The fourth-order valence-electron chi connectivity index (χ4n) is 4.61. The monoisotopic (exact) mass is 580 g/mol. The Balaban J connectivity index is 1.53. The van der Waals surface area contributed by atoms with Crippen molar-refractivity contribution >= 4 is 39.1 Å². The fourth-order valence-corrected chi connectivity index (χ4v) is 5.56. The number of anilines is 1. The molecule has 2 aromatic heterocycles. The van der Waals surface area contributed by atoms with Crippen molar-refractivity contribution in [3.63, 3.8) is 0 Å². The molecule has 1 amide bonds. The van der Waals surface area contributed by atoms with Gasteiger partial charge in [0.05, 0.1) is 36.6 Å². The number of carbonyl (C=O) groups is 2. The van der Waals surface area contributed by atoms with E-state index in [0.29, 0.717) is 51.5 Å². The zero-order chi connectivity index (χ0) is 29.5. The number of rotatable bonds is 11. The van der Waals surface area contributed by atoms with E-state index in [-0.39, 0.29) is 12.5 Å². The lowest BCUT2D eigenvalue weighted by atomic mass is 10.0. The number of para-hydroxylation sites is 1. The van der Waals surface area contributed by atoms with Crippen molar-refractivity contribution in [3.05, 3.63) is 95.4 Å². The maximum absolute atomic E-state index is 13.9. The highest BCUT2D eigenvalue weighted by Crippen LogP contribution is 2.38. The maximum Gasteiger partial charge on any atom is 0.341 e. The SMILES string of the molecule is CCCOc1cccc(-c2cc(C(=O)Nc3scc(-c4ccc(OCC)cc4)c3C(=O)OCC)c3ccccc3n2)c1. The zero-order valence-corrected chi connectivity index (χ0v) is 24.6. The molecule has 5 rings (SSSR count). The number of amides is 1. The molecule has 0 unspecified atom stereocenters. The zero-order valence-electron chi connectivity index (χ0n) is 23.8. The van der Waals surface area contributed by atoms with Crippen LogP contribution in [0.4, 0.5) is 5.00 Å². The van der Waals surface area contributed by atoms with Gasteiger partial charge in [-0.3, -0.25) is 4.79 Å². The molecule has 5 aromatic rings. The molecule has 0 aliphatic rings. The highest BCUT2D eigenvalue weighted by molar-refractivity contribution is 7.15. The minimum absolute atomic E-state index is 0.212. The number of carbonyl (C=O) groups excluding carboxylic acids is 2. The van der Waals surface area contributed by atoms with Crippen molar-refractivity contribution < 1.29 is 23.8 Å². The Morgan fingerprint density at radius 1 is 0.833 bits per heavy atom. The molecule has 0 aliphatic carbocycles. The van der Waals surface area contributed by atoms with Gasteiger partial charge >= 0.3 is 5.97 Å². The molecule has 0 saturated heterocycles. The molecule has 42 heavy (non-hydrogen) atoms. The second kappa shape index (κ2) is 13.3. The van der Waals surface area contributed by atoms with E-state index in [1.165, 1.54) is 11.3 Å². The number of nitrogens with one attached hydrogen (secondary N) is 1. The van der Waals surface area contributed by atoms with E-state index in [1.54, 1.807) is 13.0 Å². The molecule has 0 saturated carbocycles. The van der Waals surface area contributed by atoms with Crippen molar-refractivity contribution in [3.8, 4) is 33.9 Å². The van der Waals surface area contributed by atoms with Gasteiger partial charge in [-0.05, 0) is 62.2 Å². The quantitative estimate of drug-likeness (QED) is 0.158. The number of thiophene rings is 1. The van der Waals surface area contributed by atoms with Gasteiger partial charge in [-0.2, -0.15) is 0 Å². The fraction of sp³-hybridized carbons (Fsp3) is 0.206. The predicted octanol–water partition coefficient (Wildman–Crippen LogP) is 8.25. The number of hydrogen-bond acceptors (Lipinski definition) is 7. The molecule has 3 aromatic carbocycles. The van der Waals surface area contributed by atoms with Gasteiger partial charge in [0.25, 0.3) is 5.91 Å². The lowest BCUT2D eigenvalue weighted by Crippen LogP contribution is -2.15. The third-order valence-corrected chi connectivity index (χ3v) is 7.43. The minimum atomic E-state index is -0.498. The molecule has 1 N–H and O–H groups in total. The molecule has 2 heterocycles. The van der Waals surface area contributed by atoms with Crippen molar-refractivity contribution in [2.24, 2.45) is 0 Å². The van der Waals surface area contributed by atoms with Crippen LogP contribution in [0, 0.1) is 0 Å². The largest absolute Gasteiger partial charge is 0.494 e. The van der Waals surface area contributed by atoms with Crippen LogP contribution in [0.3, 0.4) is 0 Å². The summed E-state index contributed by atoms with van der Waals surface area (Å²) in [5.74, 6) is 0.640. The molecule has 214 valence electrons. The maximum atomic E-state index is 13.9. The number of nitrogens with zero attached hydrogens (tertiary/aromatic N) is 1. The van der Waals surface area contributed by atoms with Gasteiger partial charge in [0.1, 0.15) is 22.1 Å². The highest BCUT2D eigenvalue weighted by atomic mass is 32.1. The summed E-state index contributed by atoms with van der Waals surface area (Å²) in [6.45, 7) is 7.13. The smallest absolute Gasteiger partial charge is 0.341 e. The van der Waals surface area contributed by atoms with Gasteiger partial charge in [0.15, 0.2) is 0 Å². The number of esters is 1. The summed E-state index contributed by atoms with van der Waals surface area (Å²) < 4.78 is 16.8. The van der Waals surface area contributed by atoms with E-state index in [4.69, 9.17) is 19.2 Å². The summed E-state index contributed by atoms with van der Waals surface area (Å²) in [4.78, 5) is 31.9. The van der Waals surface area contributed by atoms with Crippen LogP contribution in [-0.4, -0.2) is 36.7 Å². The molecular weight excluding hydrogens is 548 g/mol. The lowest BCUT2D eigenvalue weighted by molar-refractivity contribution is 0.0529. The number of aromatic nitrogens is 1. The Morgan fingerprint density at radius 3 is 2.40 bits per heavy atom. The summed E-state index contributed by atoms with van der Waals surface area (Å²) in [7, 11) is 0.